The van der Waals surface area contributed by atoms with Gasteiger partial charge in [0.25, 0.3) is 5.91 Å². The maximum Gasteiger partial charge on any atom is 0.257 e. The number of nitrogens with zero attached hydrogens (tertiary/aromatic N) is 3. The molecule has 1 amide bonds. The first-order valence-electron chi connectivity index (χ1n) is 7.94. The molecule has 0 spiro atoms. The van der Waals surface area contributed by atoms with Crippen LogP contribution in [-0.2, 0) is 6.42 Å². The summed E-state index contributed by atoms with van der Waals surface area (Å²) >= 11 is 1.62. The number of hydrogen-bond donors (Lipinski definition) is 1. The fourth-order valence-electron chi connectivity index (χ4n) is 2.83. The summed E-state index contributed by atoms with van der Waals surface area (Å²) in [5.74, 6) is -0.0213. The van der Waals surface area contributed by atoms with E-state index < -0.39 is 0 Å². The van der Waals surface area contributed by atoms with Crippen molar-refractivity contribution in [3.63, 3.8) is 0 Å². The highest BCUT2D eigenvalue weighted by molar-refractivity contribution is 7.13. The summed E-state index contributed by atoms with van der Waals surface area (Å²) in [5, 5.41) is 13.0. The number of anilines is 1. The lowest BCUT2D eigenvalue weighted by Gasteiger charge is -2.22. The smallest absolute Gasteiger partial charge is 0.257 e. The van der Waals surface area contributed by atoms with Gasteiger partial charge in [-0.2, -0.15) is 0 Å². The van der Waals surface area contributed by atoms with E-state index in [2.05, 4.69) is 9.88 Å². The van der Waals surface area contributed by atoms with Crippen molar-refractivity contribution in [3.05, 3.63) is 40.9 Å². The fraction of sp³-hybridized carbons (Fsp3) is 0.412. The van der Waals surface area contributed by atoms with Gasteiger partial charge < -0.3 is 14.9 Å². The molecule has 1 saturated heterocycles. The number of amides is 1. The summed E-state index contributed by atoms with van der Waals surface area (Å²) < 4.78 is 0. The Labute approximate surface area is 140 Å². The number of phenolic OH excluding ortho intramolecular Hbond substituents is 1. The summed E-state index contributed by atoms with van der Waals surface area (Å²) in [6.45, 7) is 5.06. The van der Waals surface area contributed by atoms with E-state index in [-0.39, 0.29) is 11.7 Å². The van der Waals surface area contributed by atoms with Gasteiger partial charge in [-0.3, -0.25) is 4.79 Å². The van der Waals surface area contributed by atoms with E-state index in [0.29, 0.717) is 18.7 Å². The molecule has 23 heavy (non-hydrogen) atoms. The third-order valence-electron chi connectivity index (χ3n) is 4.17. The second-order valence-electron chi connectivity index (χ2n) is 5.65. The van der Waals surface area contributed by atoms with Crippen LogP contribution in [-0.4, -0.2) is 47.1 Å². The van der Waals surface area contributed by atoms with Gasteiger partial charge >= 0.3 is 0 Å². The number of carbonyl (C=O) groups is 1. The van der Waals surface area contributed by atoms with E-state index in [1.165, 1.54) is 0 Å². The number of aromatic hydroxyl groups is 1. The van der Waals surface area contributed by atoms with Gasteiger partial charge in [-0.1, -0.05) is 13.0 Å². The van der Waals surface area contributed by atoms with Crippen LogP contribution >= 0.6 is 11.3 Å². The summed E-state index contributed by atoms with van der Waals surface area (Å²) in [4.78, 5) is 21.2. The molecule has 0 saturated carbocycles. The van der Waals surface area contributed by atoms with Gasteiger partial charge in [0.05, 0.1) is 5.56 Å². The Morgan fingerprint density at radius 3 is 2.91 bits per heavy atom. The van der Waals surface area contributed by atoms with Crippen LogP contribution in [0.4, 0.5) is 5.13 Å². The van der Waals surface area contributed by atoms with Crippen LogP contribution < -0.4 is 4.90 Å². The van der Waals surface area contributed by atoms with Crippen molar-refractivity contribution in [3.8, 4) is 5.75 Å². The maximum atomic E-state index is 12.8. The fourth-order valence-corrected chi connectivity index (χ4v) is 3.53. The first-order chi connectivity index (χ1) is 11.2. The molecule has 1 aliphatic heterocycles. The Morgan fingerprint density at radius 2 is 2.17 bits per heavy atom. The molecule has 0 bridgehead atoms. The largest absolute Gasteiger partial charge is 0.507 e. The number of aromatic nitrogens is 1. The Balaban J connectivity index is 1.73. The zero-order chi connectivity index (χ0) is 16.2. The number of carbonyl (C=O) groups excluding carboxylic acids is 1. The first kappa shape index (κ1) is 15.8. The van der Waals surface area contributed by atoms with Crippen molar-refractivity contribution in [2.75, 3.05) is 31.1 Å². The highest BCUT2D eigenvalue weighted by atomic mass is 32.1. The second kappa shape index (κ2) is 7.00. The van der Waals surface area contributed by atoms with Crippen LogP contribution in [0.15, 0.2) is 29.8 Å². The van der Waals surface area contributed by atoms with Crippen molar-refractivity contribution in [1.29, 1.82) is 0 Å². The van der Waals surface area contributed by atoms with E-state index in [1.807, 2.05) is 29.5 Å². The van der Waals surface area contributed by atoms with E-state index >= 15 is 0 Å². The van der Waals surface area contributed by atoms with Crippen LogP contribution in [0.5, 0.6) is 5.75 Å². The molecule has 6 heteroatoms. The standard InChI is InChI=1S/C17H21N3O2S/c1-2-13-4-5-15(21)14(12-13)16(22)19-7-3-8-20(10-9-19)17-18-6-11-23-17/h4-6,11-12,21H,2-3,7-10H2,1H3. The molecule has 122 valence electrons. The van der Waals surface area contributed by atoms with Crippen molar-refractivity contribution in [2.24, 2.45) is 0 Å². The minimum atomic E-state index is -0.0845. The number of phenols is 1. The minimum Gasteiger partial charge on any atom is -0.507 e. The van der Waals surface area contributed by atoms with Gasteiger partial charge in [0.15, 0.2) is 5.13 Å². The molecule has 0 unspecified atom stereocenters. The number of aryl methyl sites for hydroxylation is 1. The lowest BCUT2D eigenvalue weighted by Crippen LogP contribution is -2.35. The van der Waals surface area contributed by atoms with E-state index in [1.54, 1.807) is 23.5 Å². The number of benzene rings is 1. The van der Waals surface area contributed by atoms with Crippen molar-refractivity contribution >= 4 is 22.4 Å². The quantitative estimate of drug-likeness (QED) is 0.939. The van der Waals surface area contributed by atoms with E-state index in [9.17, 15) is 9.90 Å². The predicted molar refractivity (Wildman–Crippen MR) is 92.3 cm³/mol. The van der Waals surface area contributed by atoms with Gasteiger partial charge in [-0.25, -0.2) is 4.98 Å². The molecule has 1 aromatic carbocycles. The van der Waals surface area contributed by atoms with Crippen LogP contribution in [0.2, 0.25) is 0 Å². The molecule has 1 aliphatic rings. The molecule has 2 heterocycles. The molecule has 1 fully saturated rings. The Hall–Kier alpha value is -2.08. The third kappa shape index (κ3) is 3.47. The zero-order valence-corrected chi connectivity index (χ0v) is 14.1. The Bertz CT molecular complexity index is 672. The van der Waals surface area contributed by atoms with Crippen LogP contribution in [0, 0.1) is 0 Å². The molecule has 1 aromatic heterocycles. The first-order valence-corrected chi connectivity index (χ1v) is 8.82. The predicted octanol–water partition coefficient (Wildman–Crippen LogP) is 2.76. The second-order valence-corrected chi connectivity index (χ2v) is 6.53. The molecule has 3 rings (SSSR count). The number of rotatable bonds is 3. The van der Waals surface area contributed by atoms with E-state index in [0.717, 1.165) is 36.6 Å². The van der Waals surface area contributed by atoms with E-state index in [4.69, 9.17) is 0 Å². The maximum absolute atomic E-state index is 12.8. The average molecular weight is 331 g/mol. The lowest BCUT2D eigenvalue weighted by molar-refractivity contribution is 0.0764. The van der Waals surface area contributed by atoms with Crippen LogP contribution in [0.25, 0.3) is 0 Å². The molecule has 0 radical (unpaired) electrons. The van der Waals surface area contributed by atoms with Gasteiger partial charge in [-0.15, -0.1) is 11.3 Å². The zero-order valence-electron chi connectivity index (χ0n) is 13.2. The van der Waals surface area contributed by atoms with Gasteiger partial charge in [0.1, 0.15) is 5.75 Å². The number of thiazole rings is 1. The summed E-state index contributed by atoms with van der Waals surface area (Å²) in [7, 11) is 0. The van der Waals surface area contributed by atoms with Gasteiger partial charge in [0, 0.05) is 37.8 Å². The third-order valence-corrected chi connectivity index (χ3v) is 5.00. The van der Waals surface area contributed by atoms with Crippen molar-refractivity contribution < 1.29 is 9.90 Å². The highest BCUT2D eigenvalue weighted by Gasteiger charge is 2.23. The highest BCUT2D eigenvalue weighted by Crippen LogP contribution is 2.23. The summed E-state index contributed by atoms with van der Waals surface area (Å²) in [5.41, 5.74) is 1.47. The summed E-state index contributed by atoms with van der Waals surface area (Å²) in [6, 6.07) is 5.28. The molecule has 2 aromatic rings. The van der Waals surface area contributed by atoms with Gasteiger partial charge in [-0.05, 0) is 30.5 Å². The average Bonchev–Trinajstić information content (AvgIpc) is 2.99. The van der Waals surface area contributed by atoms with Crippen molar-refractivity contribution in [2.45, 2.75) is 19.8 Å². The Kier molecular flexibility index (Phi) is 4.81. The Morgan fingerprint density at radius 1 is 1.30 bits per heavy atom. The topological polar surface area (TPSA) is 56.7 Å². The summed E-state index contributed by atoms with van der Waals surface area (Å²) in [6.07, 6.45) is 3.56. The monoisotopic (exact) mass is 331 g/mol. The van der Waals surface area contributed by atoms with Crippen molar-refractivity contribution in [1.82, 2.24) is 9.88 Å². The lowest BCUT2D eigenvalue weighted by atomic mass is 10.1. The van der Waals surface area contributed by atoms with Crippen LogP contribution in [0.3, 0.4) is 0 Å². The molecular weight excluding hydrogens is 310 g/mol. The SMILES string of the molecule is CCc1ccc(O)c(C(=O)N2CCCN(c3nccs3)CC2)c1. The minimum absolute atomic E-state index is 0.0632. The molecule has 5 nitrogen and oxygen atoms in total. The van der Waals surface area contributed by atoms with Crippen LogP contribution in [0.1, 0.15) is 29.3 Å². The van der Waals surface area contributed by atoms with Gasteiger partial charge in [0.2, 0.25) is 0 Å². The molecule has 1 N–H and O–H groups in total. The molecule has 0 aliphatic carbocycles. The number of hydrogen-bond acceptors (Lipinski definition) is 5. The normalized spacial score (nSPS) is 15.5. The molecule has 0 atom stereocenters. The molecular formula is C17H21N3O2S.